The van der Waals surface area contributed by atoms with Crippen LogP contribution >= 0.6 is 24.0 Å². The third kappa shape index (κ3) is 7.48. The average Bonchev–Trinajstić information content (AvgIpc) is 3.06. The van der Waals surface area contributed by atoms with Crippen molar-refractivity contribution in [2.24, 2.45) is 12.0 Å². The van der Waals surface area contributed by atoms with Gasteiger partial charge in [-0.3, -0.25) is 9.67 Å². The van der Waals surface area contributed by atoms with Gasteiger partial charge in [0.05, 0.1) is 25.6 Å². The van der Waals surface area contributed by atoms with E-state index in [1.165, 1.54) is 10.6 Å². The van der Waals surface area contributed by atoms with E-state index in [0.29, 0.717) is 39.2 Å². The Labute approximate surface area is 185 Å². The minimum absolute atomic E-state index is 0. The molecule has 28 heavy (non-hydrogen) atoms. The Morgan fingerprint density at radius 3 is 2.79 bits per heavy atom. The molecule has 1 aliphatic heterocycles. The molecule has 0 saturated carbocycles. The summed E-state index contributed by atoms with van der Waals surface area (Å²) in [7, 11) is -1.25. The van der Waals surface area contributed by atoms with Gasteiger partial charge in [-0.2, -0.15) is 5.10 Å². The van der Waals surface area contributed by atoms with Crippen LogP contribution in [0.3, 0.4) is 0 Å². The number of nitrogens with zero attached hydrogens (tertiary/aromatic N) is 5. The second kappa shape index (κ2) is 11.9. The van der Waals surface area contributed by atoms with Crippen LogP contribution in [-0.2, 0) is 21.8 Å². The summed E-state index contributed by atoms with van der Waals surface area (Å²) >= 11 is 0. The minimum atomic E-state index is -3.15. The standard InChI is InChI=1S/C17H32N6O3S.HI/c1-5-18-17(19-8-7-9-23(6-2)27(4,24)25)22-10-11-26-16(14-22)15-12-20-21(3)13-15;/h12-13,16H,5-11,14H2,1-4H3,(H,18,19);1H. The van der Waals surface area contributed by atoms with Crippen molar-refractivity contribution in [3.63, 3.8) is 0 Å². The van der Waals surface area contributed by atoms with Gasteiger partial charge in [0.1, 0.15) is 6.10 Å². The smallest absolute Gasteiger partial charge is 0.211 e. The van der Waals surface area contributed by atoms with Crippen LogP contribution in [-0.4, -0.2) is 85.5 Å². The number of rotatable bonds is 8. The molecule has 0 amide bonds. The zero-order chi connectivity index (χ0) is 19.9. The topological polar surface area (TPSA) is 92.1 Å². The van der Waals surface area contributed by atoms with Crippen LogP contribution in [0.4, 0.5) is 0 Å². The third-order valence-electron chi connectivity index (χ3n) is 4.45. The maximum Gasteiger partial charge on any atom is 0.211 e. The number of ether oxygens (including phenoxy) is 1. The molecule has 162 valence electrons. The second-order valence-corrected chi connectivity index (χ2v) is 8.58. The first-order chi connectivity index (χ1) is 12.8. The van der Waals surface area contributed by atoms with Gasteiger partial charge in [0, 0.05) is 51.5 Å². The van der Waals surface area contributed by atoms with E-state index in [4.69, 9.17) is 9.73 Å². The molecular weight excluding hydrogens is 495 g/mol. The fraction of sp³-hybridized carbons (Fsp3) is 0.765. The van der Waals surface area contributed by atoms with Crippen molar-refractivity contribution in [3.05, 3.63) is 18.0 Å². The van der Waals surface area contributed by atoms with Crippen molar-refractivity contribution in [3.8, 4) is 0 Å². The third-order valence-corrected chi connectivity index (χ3v) is 5.83. The summed E-state index contributed by atoms with van der Waals surface area (Å²) in [5.74, 6) is 0.845. The number of aliphatic imine (C=N–C) groups is 1. The lowest BCUT2D eigenvalue weighted by atomic mass is 10.1. The molecule has 0 aromatic carbocycles. The van der Waals surface area contributed by atoms with Gasteiger partial charge >= 0.3 is 0 Å². The average molecular weight is 528 g/mol. The van der Waals surface area contributed by atoms with Crippen molar-refractivity contribution >= 4 is 40.0 Å². The monoisotopic (exact) mass is 528 g/mol. The quantitative estimate of drug-likeness (QED) is 0.235. The van der Waals surface area contributed by atoms with Gasteiger partial charge < -0.3 is 15.0 Å². The predicted octanol–water partition coefficient (Wildman–Crippen LogP) is 1.05. The van der Waals surface area contributed by atoms with Gasteiger partial charge in [-0.05, 0) is 13.3 Å². The van der Waals surface area contributed by atoms with Gasteiger partial charge in [-0.15, -0.1) is 24.0 Å². The largest absolute Gasteiger partial charge is 0.370 e. The van der Waals surface area contributed by atoms with E-state index in [-0.39, 0.29) is 30.1 Å². The number of halogens is 1. The number of nitrogens with one attached hydrogen (secondary N) is 1. The Hall–Kier alpha value is -0.920. The van der Waals surface area contributed by atoms with E-state index in [1.807, 2.05) is 33.3 Å². The molecule has 1 N–H and O–H groups in total. The summed E-state index contributed by atoms with van der Waals surface area (Å²) in [6.07, 6.45) is 5.71. The van der Waals surface area contributed by atoms with Crippen LogP contribution in [0.1, 0.15) is 31.9 Å². The van der Waals surface area contributed by atoms with Crippen molar-refractivity contribution in [2.75, 3.05) is 52.1 Å². The van der Waals surface area contributed by atoms with E-state index in [1.54, 1.807) is 4.68 Å². The van der Waals surface area contributed by atoms with Crippen molar-refractivity contribution in [2.45, 2.75) is 26.4 Å². The maximum absolute atomic E-state index is 11.7. The fourth-order valence-electron chi connectivity index (χ4n) is 3.07. The lowest BCUT2D eigenvalue weighted by Gasteiger charge is -2.34. The zero-order valence-corrected chi connectivity index (χ0v) is 20.3. The molecule has 0 radical (unpaired) electrons. The molecule has 1 aromatic rings. The number of hydrogen-bond acceptors (Lipinski definition) is 5. The molecule has 1 saturated heterocycles. The van der Waals surface area contributed by atoms with Crippen LogP contribution in [0.2, 0.25) is 0 Å². The van der Waals surface area contributed by atoms with Gasteiger partial charge in [0.25, 0.3) is 0 Å². The summed E-state index contributed by atoms with van der Waals surface area (Å²) < 4.78 is 32.5. The number of hydrogen-bond donors (Lipinski definition) is 1. The van der Waals surface area contributed by atoms with Crippen LogP contribution in [0.5, 0.6) is 0 Å². The molecule has 0 aliphatic carbocycles. The van der Waals surface area contributed by atoms with Gasteiger partial charge in [0.15, 0.2) is 5.96 Å². The highest BCUT2D eigenvalue weighted by Crippen LogP contribution is 2.21. The second-order valence-electron chi connectivity index (χ2n) is 6.60. The summed E-state index contributed by atoms with van der Waals surface area (Å²) in [5.41, 5.74) is 1.06. The first-order valence-corrected chi connectivity index (χ1v) is 11.3. The van der Waals surface area contributed by atoms with E-state index >= 15 is 0 Å². The molecule has 2 rings (SSSR count). The normalized spacial score (nSPS) is 18.2. The number of guanidine groups is 1. The zero-order valence-electron chi connectivity index (χ0n) is 17.2. The van der Waals surface area contributed by atoms with Crippen LogP contribution < -0.4 is 5.32 Å². The number of sulfonamides is 1. The first kappa shape index (κ1) is 25.1. The van der Waals surface area contributed by atoms with E-state index in [2.05, 4.69) is 15.3 Å². The SMILES string of the molecule is CCNC(=NCCCN(CC)S(C)(=O)=O)N1CCOC(c2cnn(C)c2)C1.I. The summed E-state index contributed by atoms with van der Waals surface area (Å²) in [6, 6.07) is 0. The molecule has 1 fully saturated rings. The molecule has 0 spiro atoms. The number of aromatic nitrogens is 2. The molecule has 2 heterocycles. The summed E-state index contributed by atoms with van der Waals surface area (Å²) in [6.45, 7) is 8.31. The van der Waals surface area contributed by atoms with Crippen LogP contribution in [0.25, 0.3) is 0 Å². The minimum Gasteiger partial charge on any atom is -0.370 e. The first-order valence-electron chi connectivity index (χ1n) is 9.43. The molecule has 1 unspecified atom stereocenters. The lowest BCUT2D eigenvalue weighted by Crippen LogP contribution is -2.48. The molecule has 1 aliphatic rings. The van der Waals surface area contributed by atoms with Crippen LogP contribution in [0, 0.1) is 0 Å². The van der Waals surface area contributed by atoms with Crippen molar-refractivity contribution < 1.29 is 13.2 Å². The molecule has 9 nitrogen and oxygen atoms in total. The van der Waals surface area contributed by atoms with E-state index in [9.17, 15) is 8.42 Å². The fourth-order valence-corrected chi connectivity index (χ4v) is 4.00. The molecule has 1 aromatic heterocycles. The van der Waals surface area contributed by atoms with Gasteiger partial charge in [0.2, 0.25) is 10.0 Å². The maximum atomic E-state index is 11.7. The lowest BCUT2D eigenvalue weighted by molar-refractivity contribution is -0.00804. The molecule has 0 bridgehead atoms. The number of aryl methyl sites for hydroxylation is 1. The molecule has 1 atom stereocenters. The Balaban J connectivity index is 0.00000392. The van der Waals surface area contributed by atoms with Crippen molar-refractivity contribution in [1.29, 1.82) is 0 Å². The highest BCUT2D eigenvalue weighted by atomic mass is 127. The van der Waals surface area contributed by atoms with Gasteiger partial charge in [-0.1, -0.05) is 6.92 Å². The summed E-state index contributed by atoms with van der Waals surface area (Å²) in [4.78, 5) is 6.89. The van der Waals surface area contributed by atoms with E-state index < -0.39 is 10.0 Å². The number of morpholine rings is 1. The highest BCUT2D eigenvalue weighted by molar-refractivity contribution is 14.0. The summed E-state index contributed by atoms with van der Waals surface area (Å²) in [5, 5.41) is 7.55. The van der Waals surface area contributed by atoms with Crippen LogP contribution in [0.15, 0.2) is 17.4 Å². The Kier molecular flexibility index (Phi) is 10.7. The Bertz CT molecular complexity index is 724. The Morgan fingerprint density at radius 2 is 2.21 bits per heavy atom. The molecule has 11 heteroatoms. The highest BCUT2D eigenvalue weighted by Gasteiger charge is 2.25. The van der Waals surface area contributed by atoms with Crippen molar-refractivity contribution in [1.82, 2.24) is 24.3 Å². The predicted molar refractivity (Wildman–Crippen MR) is 122 cm³/mol. The Morgan fingerprint density at radius 1 is 1.46 bits per heavy atom. The van der Waals surface area contributed by atoms with E-state index in [0.717, 1.165) is 24.6 Å². The molecular formula is C17H33IN6O3S. The van der Waals surface area contributed by atoms with Gasteiger partial charge in [-0.25, -0.2) is 12.7 Å².